The lowest BCUT2D eigenvalue weighted by Crippen LogP contribution is -2.37. The van der Waals surface area contributed by atoms with E-state index in [2.05, 4.69) is 184 Å². The fourth-order valence-corrected chi connectivity index (χ4v) is 7.60. The highest BCUT2D eigenvalue weighted by Crippen LogP contribution is 2.43. The summed E-state index contributed by atoms with van der Waals surface area (Å²) in [6.07, 6.45) is 84.2. The predicted octanol–water partition coefficient (Wildman–Crippen LogP) is 18.3. The molecule has 0 aromatic carbocycles. The summed E-state index contributed by atoms with van der Waals surface area (Å²) in [7, 11) is 1.41. The van der Waals surface area contributed by atoms with Crippen molar-refractivity contribution in [2.45, 2.75) is 187 Å². The number of ether oxygens (including phenoxy) is 2. The lowest BCUT2D eigenvalue weighted by atomic mass is 10.1. The molecule has 0 amide bonds. The van der Waals surface area contributed by atoms with Gasteiger partial charge in [0.05, 0.1) is 27.7 Å². The van der Waals surface area contributed by atoms with Crippen molar-refractivity contribution in [3.8, 4) is 0 Å². The van der Waals surface area contributed by atoms with Crippen LogP contribution in [0, 0.1) is 0 Å². The number of phosphoric ester groups is 1. The van der Waals surface area contributed by atoms with Crippen molar-refractivity contribution >= 4 is 19.8 Å². The molecule has 0 aliphatic carbocycles. The van der Waals surface area contributed by atoms with Gasteiger partial charge in [-0.15, -0.1) is 0 Å². The van der Waals surface area contributed by atoms with Gasteiger partial charge in [0, 0.05) is 12.8 Å². The molecule has 0 aliphatic heterocycles. The lowest BCUT2D eigenvalue weighted by Gasteiger charge is -2.24. The second-order valence-electron chi connectivity index (χ2n) is 19.6. The minimum absolute atomic E-state index is 0.00975. The van der Waals surface area contributed by atoms with Gasteiger partial charge in [-0.05, 0) is 128 Å². The van der Waals surface area contributed by atoms with Crippen molar-refractivity contribution in [2.75, 3.05) is 47.5 Å². The zero-order valence-electron chi connectivity index (χ0n) is 48.2. The fourth-order valence-electron chi connectivity index (χ4n) is 6.86. The molecule has 426 valence electrons. The Morgan fingerprint density at radius 2 is 0.711 bits per heavy atom. The number of hydrogen-bond acceptors (Lipinski definition) is 7. The number of nitrogens with zero attached hydrogens (tertiary/aromatic N) is 1. The third kappa shape index (κ3) is 58.6. The van der Waals surface area contributed by atoms with Gasteiger partial charge in [0.15, 0.2) is 6.10 Å². The standard InChI is InChI=1S/C66H104NO8P/c1-6-8-10-12-14-16-18-20-22-24-26-27-28-29-30-31-32-33-34-35-36-37-38-39-41-43-45-47-49-51-53-55-57-59-66(69)75-64(63-74-76(70,71)73-61-60-67(3,4)5)62-72-65(68)58-56-54-52-50-48-46-44-42-40-25-23-21-19-17-15-13-11-9-7-2/h8-11,14-17,20-23,26-27,29-30,32-33,35-36,38-40,42-43,45,49,51,64H,6-7,12-13,18-19,24-25,28,31,34,37,41,44,46-48,50,52-63H2,1-5H3/p+1/b10-8-,11-9-,16-14-,17-15-,22-20-,23-21-,27-26-,30-29-,33-32-,36-35-,39-38-,42-40-,45-43-,51-49-. The van der Waals surface area contributed by atoms with E-state index in [0.717, 1.165) is 141 Å². The van der Waals surface area contributed by atoms with Crippen molar-refractivity contribution in [1.29, 1.82) is 0 Å². The Bertz CT molecular complexity index is 1880. The molecular weight excluding hydrogens is 966 g/mol. The maximum atomic E-state index is 12.8. The highest BCUT2D eigenvalue weighted by Gasteiger charge is 2.27. The Morgan fingerprint density at radius 3 is 1.08 bits per heavy atom. The van der Waals surface area contributed by atoms with Crippen LogP contribution in [0.3, 0.4) is 0 Å². The summed E-state index contributed by atoms with van der Waals surface area (Å²) in [5.74, 6) is -0.882. The molecule has 2 unspecified atom stereocenters. The van der Waals surface area contributed by atoms with Crippen LogP contribution in [0.4, 0.5) is 0 Å². The number of unbranched alkanes of at least 4 members (excludes halogenated alkanes) is 8. The summed E-state index contributed by atoms with van der Waals surface area (Å²) >= 11 is 0. The first-order chi connectivity index (χ1) is 37.0. The predicted molar refractivity (Wildman–Crippen MR) is 325 cm³/mol. The van der Waals surface area contributed by atoms with Crippen LogP contribution in [0.5, 0.6) is 0 Å². The average molecular weight is 1070 g/mol. The molecule has 1 N–H and O–H groups in total. The molecule has 0 saturated carbocycles. The van der Waals surface area contributed by atoms with Crippen LogP contribution in [0.1, 0.15) is 181 Å². The Morgan fingerprint density at radius 1 is 0.408 bits per heavy atom. The molecule has 0 bridgehead atoms. The number of phosphoric acid groups is 1. The van der Waals surface area contributed by atoms with Crippen molar-refractivity contribution in [1.82, 2.24) is 0 Å². The van der Waals surface area contributed by atoms with Crippen molar-refractivity contribution < 1.29 is 42.1 Å². The monoisotopic (exact) mass is 1070 g/mol. The van der Waals surface area contributed by atoms with E-state index in [1.807, 2.05) is 21.1 Å². The van der Waals surface area contributed by atoms with Gasteiger partial charge in [0.1, 0.15) is 19.8 Å². The number of allylic oxidation sites excluding steroid dienone is 28. The maximum absolute atomic E-state index is 12.8. The van der Waals surface area contributed by atoms with E-state index in [9.17, 15) is 19.0 Å². The van der Waals surface area contributed by atoms with Gasteiger partial charge >= 0.3 is 19.8 Å². The molecule has 76 heavy (non-hydrogen) atoms. The number of carbonyl (C=O) groups is 2. The SMILES string of the molecule is CC/C=C\C/C=C\C/C=C\C/C=C\C/C=C\C/C=C\C/C=C\C/C=C\C/C=C\C/C=C\CCCCC(=O)OC(COC(=O)CCCCCCCC/C=C\C/C=C\C/C=C\C/C=C\CC)COP(=O)(O)OCC[N+](C)(C)C. The van der Waals surface area contributed by atoms with Crippen LogP contribution in [-0.2, 0) is 32.7 Å². The van der Waals surface area contributed by atoms with Gasteiger partial charge in [0.2, 0.25) is 0 Å². The van der Waals surface area contributed by atoms with E-state index in [-0.39, 0.29) is 26.1 Å². The summed E-state index contributed by atoms with van der Waals surface area (Å²) in [5.41, 5.74) is 0. The molecule has 0 spiro atoms. The number of carbonyl (C=O) groups excluding carboxylic acids is 2. The minimum Gasteiger partial charge on any atom is -0.462 e. The number of likely N-dealkylation sites (N-methyl/N-ethyl adjacent to an activating group) is 1. The largest absolute Gasteiger partial charge is 0.472 e. The van der Waals surface area contributed by atoms with Crippen LogP contribution in [0.2, 0.25) is 0 Å². The number of esters is 2. The van der Waals surface area contributed by atoms with Crippen LogP contribution in [-0.4, -0.2) is 74.9 Å². The van der Waals surface area contributed by atoms with E-state index < -0.39 is 32.5 Å². The molecule has 0 heterocycles. The second kappa shape index (κ2) is 55.1. The molecule has 0 rings (SSSR count). The molecule has 0 aromatic heterocycles. The van der Waals surface area contributed by atoms with Gasteiger partial charge in [-0.2, -0.15) is 0 Å². The highest BCUT2D eigenvalue weighted by atomic mass is 31.2. The quantitative estimate of drug-likeness (QED) is 0.0211. The fraction of sp³-hybridized carbons (Fsp3) is 0.545. The molecule has 0 radical (unpaired) electrons. The molecule has 0 fully saturated rings. The van der Waals surface area contributed by atoms with Gasteiger partial charge in [0.25, 0.3) is 0 Å². The van der Waals surface area contributed by atoms with Crippen LogP contribution < -0.4 is 0 Å². The Kier molecular flexibility index (Phi) is 51.8. The van der Waals surface area contributed by atoms with Crippen molar-refractivity contribution in [2.24, 2.45) is 0 Å². The first-order valence-corrected chi connectivity index (χ1v) is 30.4. The maximum Gasteiger partial charge on any atom is 0.472 e. The summed E-state index contributed by atoms with van der Waals surface area (Å²) < 4.78 is 34.5. The highest BCUT2D eigenvalue weighted by molar-refractivity contribution is 7.47. The Labute approximate surface area is 464 Å². The summed E-state index contributed by atoms with van der Waals surface area (Å²) in [6.45, 7) is 4.10. The number of rotatable bonds is 50. The summed E-state index contributed by atoms with van der Waals surface area (Å²) in [6, 6.07) is 0. The van der Waals surface area contributed by atoms with E-state index >= 15 is 0 Å². The average Bonchev–Trinajstić information content (AvgIpc) is 3.38. The lowest BCUT2D eigenvalue weighted by molar-refractivity contribution is -0.870. The molecule has 9 nitrogen and oxygen atoms in total. The van der Waals surface area contributed by atoms with Crippen molar-refractivity contribution in [3.05, 3.63) is 170 Å². The van der Waals surface area contributed by atoms with Gasteiger partial charge in [-0.1, -0.05) is 210 Å². The zero-order valence-corrected chi connectivity index (χ0v) is 49.1. The molecular formula is C66H105NO8P+. The smallest absolute Gasteiger partial charge is 0.462 e. The molecule has 0 aromatic rings. The van der Waals surface area contributed by atoms with Crippen LogP contribution in [0.25, 0.3) is 0 Å². The Balaban J connectivity index is 4.34. The molecule has 10 heteroatoms. The number of hydrogen-bond donors (Lipinski definition) is 1. The molecule has 0 saturated heterocycles. The third-order valence-electron chi connectivity index (χ3n) is 11.2. The Hall–Kier alpha value is -4.63. The zero-order chi connectivity index (χ0) is 55.6. The first-order valence-electron chi connectivity index (χ1n) is 28.9. The van der Waals surface area contributed by atoms with E-state index in [0.29, 0.717) is 23.9 Å². The van der Waals surface area contributed by atoms with E-state index in [4.69, 9.17) is 18.5 Å². The van der Waals surface area contributed by atoms with Crippen molar-refractivity contribution in [3.63, 3.8) is 0 Å². The third-order valence-corrected chi connectivity index (χ3v) is 12.2. The van der Waals surface area contributed by atoms with E-state index in [1.54, 1.807) is 0 Å². The summed E-state index contributed by atoms with van der Waals surface area (Å²) in [4.78, 5) is 35.7. The second-order valence-corrected chi connectivity index (χ2v) is 21.0. The van der Waals surface area contributed by atoms with Gasteiger partial charge in [-0.3, -0.25) is 18.6 Å². The van der Waals surface area contributed by atoms with Crippen LogP contribution >= 0.6 is 7.82 Å². The van der Waals surface area contributed by atoms with Crippen LogP contribution in [0.15, 0.2) is 170 Å². The minimum atomic E-state index is -4.42. The summed E-state index contributed by atoms with van der Waals surface area (Å²) in [5, 5.41) is 0. The first kappa shape index (κ1) is 71.4. The topological polar surface area (TPSA) is 108 Å². The normalized spacial score (nSPS) is 14.6. The van der Waals surface area contributed by atoms with E-state index in [1.165, 1.54) is 0 Å². The molecule has 0 aliphatic rings. The van der Waals surface area contributed by atoms with Gasteiger partial charge in [-0.25, -0.2) is 4.57 Å². The van der Waals surface area contributed by atoms with Gasteiger partial charge < -0.3 is 18.9 Å². The number of quaternary nitrogens is 1. The molecule has 2 atom stereocenters.